The molecule has 3 rings (SSSR count). The first-order valence-electron chi connectivity index (χ1n) is 8.16. The van der Waals surface area contributed by atoms with E-state index in [1.54, 1.807) is 24.3 Å². The molecular formula is C19H14ClF4N3O. The molecule has 2 aromatic carbocycles. The number of nitrogens with zero attached hydrogens (tertiary/aromatic N) is 2. The molecule has 1 heterocycles. The van der Waals surface area contributed by atoms with E-state index in [9.17, 15) is 22.4 Å². The molecular weight excluding hydrogens is 398 g/mol. The molecule has 0 bridgehead atoms. The summed E-state index contributed by atoms with van der Waals surface area (Å²) >= 11 is 5.91. The summed E-state index contributed by atoms with van der Waals surface area (Å²) in [6.45, 7) is -0.219. The summed E-state index contributed by atoms with van der Waals surface area (Å²) in [6.07, 6.45) is -4.88. The highest BCUT2D eigenvalue weighted by Gasteiger charge is 2.35. The van der Waals surface area contributed by atoms with Crippen molar-refractivity contribution in [2.75, 3.05) is 0 Å². The summed E-state index contributed by atoms with van der Waals surface area (Å²) in [7, 11) is 0. The summed E-state index contributed by atoms with van der Waals surface area (Å²) in [5.74, 6) is -1.06. The Hall–Kier alpha value is -2.87. The standard InChI is InChI=1S/C19H14ClF4N3O/c20-13-5-3-6-14(9-13)27-15(10-17(26-27)19(22,23)24)11-25-18(28)8-12-4-1-2-7-16(12)21/h1-7,9-10H,8,11H2,(H,25,28). The SMILES string of the molecule is O=C(Cc1ccccc1F)NCc1cc(C(F)(F)F)nn1-c1cccc(Cl)c1. The van der Waals surface area contributed by atoms with E-state index in [1.165, 1.54) is 24.3 Å². The summed E-state index contributed by atoms with van der Waals surface area (Å²) in [5.41, 5.74) is -0.469. The van der Waals surface area contributed by atoms with E-state index in [1.807, 2.05) is 0 Å². The fraction of sp³-hybridized carbons (Fsp3) is 0.158. The first-order valence-corrected chi connectivity index (χ1v) is 8.54. The minimum atomic E-state index is -4.64. The normalized spacial score (nSPS) is 11.5. The van der Waals surface area contributed by atoms with Gasteiger partial charge in [0.05, 0.1) is 24.3 Å². The molecule has 0 unspecified atom stereocenters. The van der Waals surface area contributed by atoms with Crippen LogP contribution in [0.3, 0.4) is 0 Å². The van der Waals surface area contributed by atoms with Gasteiger partial charge in [0.25, 0.3) is 0 Å². The van der Waals surface area contributed by atoms with Gasteiger partial charge >= 0.3 is 6.18 Å². The Labute approximate surface area is 162 Å². The predicted octanol–water partition coefficient (Wildman–Crippen LogP) is 4.54. The van der Waals surface area contributed by atoms with Crippen LogP contribution in [0.5, 0.6) is 0 Å². The van der Waals surface area contributed by atoms with Gasteiger partial charge in [-0.1, -0.05) is 35.9 Å². The van der Waals surface area contributed by atoms with E-state index in [0.717, 1.165) is 10.7 Å². The summed E-state index contributed by atoms with van der Waals surface area (Å²) in [4.78, 5) is 12.1. The molecule has 3 aromatic rings. The molecule has 0 aliphatic carbocycles. The molecule has 0 atom stereocenters. The van der Waals surface area contributed by atoms with Crippen LogP contribution in [-0.4, -0.2) is 15.7 Å². The first kappa shape index (κ1) is 19.9. The van der Waals surface area contributed by atoms with E-state index < -0.39 is 23.6 Å². The highest BCUT2D eigenvalue weighted by molar-refractivity contribution is 6.30. The number of aromatic nitrogens is 2. The number of hydrogen-bond donors (Lipinski definition) is 1. The van der Waals surface area contributed by atoms with Crippen molar-refractivity contribution in [3.63, 3.8) is 0 Å². The van der Waals surface area contributed by atoms with Crippen molar-refractivity contribution in [3.05, 3.63) is 82.4 Å². The van der Waals surface area contributed by atoms with Gasteiger partial charge in [0.15, 0.2) is 5.69 Å². The van der Waals surface area contributed by atoms with Crippen molar-refractivity contribution >= 4 is 17.5 Å². The van der Waals surface area contributed by atoms with Crippen LogP contribution in [0.1, 0.15) is 17.0 Å². The van der Waals surface area contributed by atoms with Gasteiger partial charge in [-0.15, -0.1) is 0 Å². The number of rotatable bonds is 5. The number of carbonyl (C=O) groups is 1. The van der Waals surface area contributed by atoms with Gasteiger partial charge < -0.3 is 5.32 Å². The van der Waals surface area contributed by atoms with Crippen LogP contribution in [0.15, 0.2) is 54.6 Å². The number of carbonyl (C=O) groups excluding carboxylic acids is 1. The van der Waals surface area contributed by atoms with Crippen molar-refractivity contribution < 1.29 is 22.4 Å². The minimum Gasteiger partial charge on any atom is -0.350 e. The van der Waals surface area contributed by atoms with Crippen molar-refractivity contribution in [3.8, 4) is 5.69 Å². The number of nitrogens with one attached hydrogen (secondary N) is 1. The molecule has 146 valence electrons. The Bertz CT molecular complexity index is 1000. The Morgan fingerprint density at radius 2 is 1.86 bits per heavy atom. The van der Waals surface area contributed by atoms with E-state index in [2.05, 4.69) is 10.4 Å². The van der Waals surface area contributed by atoms with Crippen LogP contribution in [0.25, 0.3) is 5.69 Å². The van der Waals surface area contributed by atoms with Crippen LogP contribution in [0, 0.1) is 5.82 Å². The smallest absolute Gasteiger partial charge is 0.350 e. The molecule has 0 saturated carbocycles. The van der Waals surface area contributed by atoms with Gasteiger partial charge in [-0.05, 0) is 35.9 Å². The lowest BCUT2D eigenvalue weighted by molar-refractivity contribution is -0.141. The topological polar surface area (TPSA) is 46.9 Å². The second-order valence-corrected chi connectivity index (χ2v) is 6.39. The van der Waals surface area contributed by atoms with Crippen LogP contribution in [-0.2, 0) is 23.9 Å². The molecule has 0 aliphatic heterocycles. The summed E-state index contributed by atoms with van der Waals surface area (Å²) < 4.78 is 53.9. The Morgan fingerprint density at radius 3 is 2.54 bits per heavy atom. The fourth-order valence-electron chi connectivity index (χ4n) is 2.58. The van der Waals surface area contributed by atoms with Gasteiger partial charge in [-0.2, -0.15) is 18.3 Å². The fourth-order valence-corrected chi connectivity index (χ4v) is 2.77. The first-order chi connectivity index (χ1) is 13.2. The largest absolute Gasteiger partial charge is 0.435 e. The van der Waals surface area contributed by atoms with E-state index in [0.29, 0.717) is 10.7 Å². The average Bonchev–Trinajstić information content (AvgIpc) is 3.07. The lowest BCUT2D eigenvalue weighted by Crippen LogP contribution is -2.26. The lowest BCUT2D eigenvalue weighted by Gasteiger charge is -2.09. The van der Waals surface area contributed by atoms with Crippen LogP contribution >= 0.6 is 11.6 Å². The molecule has 0 fully saturated rings. The zero-order valence-corrected chi connectivity index (χ0v) is 15.1. The third kappa shape index (κ3) is 4.69. The molecule has 1 amide bonds. The average molecular weight is 412 g/mol. The number of hydrogen-bond acceptors (Lipinski definition) is 2. The van der Waals surface area contributed by atoms with Gasteiger partial charge in [0.1, 0.15) is 5.82 Å². The zero-order valence-electron chi connectivity index (χ0n) is 14.3. The summed E-state index contributed by atoms with van der Waals surface area (Å²) in [5, 5.41) is 6.42. The number of alkyl halides is 3. The van der Waals surface area contributed by atoms with E-state index in [4.69, 9.17) is 11.6 Å². The van der Waals surface area contributed by atoms with Crippen molar-refractivity contribution in [1.29, 1.82) is 0 Å². The van der Waals surface area contributed by atoms with Gasteiger partial charge in [-0.3, -0.25) is 4.79 Å². The van der Waals surface area contributed by atoms with Gasteiger partial charge in [0, 0.05) is 5.02 Å². The van der Waals surface area contributed by atoms with Crippen LogP contribution < -0.4 is 5.32 Å². The zero-order chi connectivity index (χ0) is 20.3. The third-order valence-corrected chi connectivity index (χ3v) is 4.14. The van der Waals surface area contributed by atoms with Gasteiger partial charge in [-0.25, -0.2) is 9.07 Å². The van der Waals surface area contributed by atoms with Crippen LogP contribution in [0.2, 0.25) is 5.02 Å². The van der Waals surface area contributed by atoms with E-state index >= 15 is 0 Å². The molecule has 1 aromatic heterocycles. The molecule has 4 nitrogen and oxygen atoms in total. The molecule has 0 aliphatic rings. The maximum Gasteiger partial charge on any atom is 0.435 e. The summed E-state index contributed by atoms with van der Waals surface area (Å²) in [6, 6.07) is 12.8. The third-order valence-electron chi connectivity index (χ3n) is 3.90. The number of amides is 1. The quantitative estimate of drug-likeness (QED) is 0.626. The van der Waals surface area contributed by atoms with Gasteiger partial charge in [0.2, 0.25) is 5.91 Å². The second kappa shape index (κ2) is 8.02. The van der Waals surface area contributed by atoms with Crippen molar-refractivity contribution in [2.24, 2.45) is 0 Å². The predicted molar refractivity (Wildman–Crippen MR) is 95.5 cm³/mol. The Balaban J connectivity index is 1.81. The monoisotopic (exact) mass is 411 g/mol. The van der Waals surface area contributed by atoms with Crippen LogP contribution in [0.4, 0.5) is 17.6 Å². The Kier molecular flexibility index (Phi) is 5.69. The minimum absolute atomic E-state index is 0.108. The molecule has 28 heavy (non-hydrogen) atoms. The maximum absolute atomic E-state index is 13.6. The van der Waals surface area contributed by atoms with Crippen molar-refractivity contribution in [2.45, 2.75) is 19.1 Å². The highest BCUT2D eigenvalue weighted by atomic mass is 35.5. The molecule has 0 spiro atoms. The molecule has 0 saturated heterocycles. The molecule has 9 heteroatoms. The number of halogens is 5. The highest BCUT2D eigenvalue weighted by Crippen LogP contribution is 2.30. The number of benzene rings is 2. The maximum atomic E-state index is 13.6. The lowest BCUT2D eigenvalue weighted by atomic mass is 10.1. The molecule has 1 N–H and O–H groups in total. The second-order valence-electron chi connectivity index (χ2n) is 5.96. The van der Waals surface area contributed by atoms with E-state index in [-0.39, 0.29) is 24.2 Å². The Morgan fingerprint density at radius 1 is 1.11 bits per heavy atom. The van der Waals surface area contributed by atoms with Crippen molar-refractivity contribution in [1.82, 2.24) is 15.1 Å². The molecule has 0 radical (unpaired) electrons.